The van der Waals surface area contributed by atoms with Crippen LogP contribution < -0.4 is 21.1 Å². The summed E-state index contributed by atoms with van der Waals surface area (Å²) in [5, 5.41) is 6.24. The van der Waals surface area contributed by atoms with Crippen LogP contribution in [0.15, 0.2) is 11.1 Å². The lowest BCUT2D eigenvalue weighted by Crippen LogP contribution is -2.42. The predicted octanol–water partition coefficient (Wildman–Crippen LogP) is 0.730. The van der Waals surface area contributed by atoms with Gasteiger partial charge in [-0.05, 0) is 26.2 Å². The van der Waals surface area contributed by atoms with Gasteiger partial charge in [0.05, 0.1) is 5.92 Å². The third kappa shape index (κ3) is 4.32. The van der Waals surface area contributed by atoms with Crippen molar-refractivity contribution in [2.24, 2.45) is 5.92 Å². The largest absolute Gasteiger partial charge is 0.359 e. The van der Waals surface area contributed by atoms with Gasteiger partial charge in [-0.15, -0.1) is 0 Å². The zero-order chi connectivity index (χ0) is 20.3. The van der Waals surface area contributed by atoms with Crippen molar-refractivity contribution in [1.82, 2.24) is 25.2 Å². The number of amides is 2. The summed E-state index contributed by atoms with van der Waals surface area (Å²) < 4.78 is 1.74. The maximum atomic E-state index is 12.8. The summed E-state index contributed by atoms with van der Waals surface area (Å²) in [5.41, 5.74) is 0.110. The SMILES string of the molecule is CC[C@H](C)NC(=O)Cn1cnc2nc(N3CCC[C@@H](C(=O)NC)C3)sc2c1=O. The van der Waals surface area contributed by atoms with Crippen molar-refractivity contribution in [2.45, 2.75) is 45.7 Å². The van der Waals surface area contributed by atoms with E-state index in [1.54, 1.807) is 7.05 Å². The van der Waals surface area contributed by atoms with Crippen LogP contribution in [0.1, 0.15) is 33.1 Å². The van der Waals surface area contributed by atoms with Crippen molar-refractivity contribution in [3.63, 3.8) is 0 Å². The molecule has 2 aromatic rings. The maximum absolute atomic E-state index is 12.8. The monoisotopic (exact) mass is 406 g/mol. The number of fused-ring (bicyclic) bond motifs is 1. The molecule has 0 bridgehead atoms. The molecule has 28 heavy (non-hydrogen) atoms. The highest BCUT2D eigenvalue weighted by atomic mass is 32.1. The van der Waals surface area contributed by atoms with E-state index in [9.17, 15) is 14.4 Å². The summed E-state index contributed by atoms with van der Waals surface area (Å²) in [5.74, 6) is -0.273. The predicted molar refractivity (Wildman–Crippen MR) is 109 cm³/mol. The summed E-state index contributed by atoms with van der Waals surface area (Å²) >= 11 is 1.27. The van der Waals surface area contributed by atoms with Crippen LogP contribution in [0, 0.1) is 5.92 Å². The molecule has 1 aliphatic heterocycles. The Balaban J connectivity index is 1.80. The molecule has 3 heterocycles. The summed E-state index contributed by atoms with van der Waals surface area (Å²) in [7, 11) is 1.64. The Kier molecular flexibility index (Phi) is 6.28. The number of anilines is 1. The number of aromatic nitrogens is 3. The smallest absolute Gasteiger partial charge is 0.273 e. The lowest BCUT2D eigenvalue weighted by atomic mass is 9.98. The van der Waals surface area contributed by atoms with Crippen molar-refractivity contribution in [2.75, 3.05) is 25.0 Å². The van der Waals surface area contributed by atoms with Gasteiger partial charge in [-0.25, -0.2) is 4.98 Å². The Labute approximate surface area is 167 Å². The average molecular weight is 407 g/mol. The standard InChI is InChI=1S/C18H26N6O3S/c1-4-11(2)21-13(25)9-24-10-20-15-14(17(24)27)28-18(22-15)23-7-5-6-12(8-23)16(26)19-3/h10-12H,4-9H2,1-3H3,(H,19,26)(H,21,25)/t11-,12+/m0/s1. The van der Waals surface area contributed by atoms with E-state index in [-0.39, 0.29) is 35.9 Å². The minimum atomic E-state index is -0.270. The number of hydrogen-bond acceptors (Lipinski definition) is 7. The van der Waals surface area contributed by atoms with Crippen molar-refractivity contribution in [3.05, 3.63) is 16.7 Å². The number of thiazole rings is 1. The number of carbonyl (C=O) groups excluding carboxylic acids is 2. The van der Waals surface area contributed by atoms with Crippen LogP contribution in [-0.4, -0.2) is 52.5 Å². The number of nitrogens with one attached hydrogen (secondary N) is 2. The second-order valence-electron chi connectivity index (χ2n) is 7.10. The maximum Gasteiger partial charge on any atom is 0.273 e. The van der Waals surface area contributed by atoms with Crippen molar-refractivity contribution < 1.29 is 9.59 Å². The number of nitrogens with zero attached hydrogens (tertiary/aromatic N) is 4. The molecule has 3 rings (SSSR count). The topological polar surface area (TPSA) is 109 Å². The van der Waals surface area contributed by atoms with Gasteiger partial charge in [-0.2, -0.15) is 4.98 Å². The van der Waals surface area contributed by atoms with E-state index >= 15 is 0 Å². The highest BCUT2D eigenvalue weighted by Gasteiger charge is 2.27. The Morgan fingerprint density at radius 1 is 1.43 bits per heavy atom. The third-order valence-electron chi connectivity index (χ3n) is 5.02. The number of piperidine rings is 1. The molecule has 0 radical (unpaired) electrons. The van der Waals surface area contributed by atoms with Gasteiger partial charge in [0, 0.05) is 26.2 Å². The average Bonchev–Trinajstić information content (AvgIpc) is 3.14. The zero-order valence-corrected chi connectivity index (χ0v) is 17.2. The molecule has 0 aliphatic carbocycles. The first-order valence-electron chi connectivity index (χ1n) is 9.54. The van der Waals surface area contributed by atoms with Crippen LogP contribution in [0.4, 0.5) is 5.13 Å². The summed E-state index contributed by atoms with van der Waals surface area (Å²) in [6.45, 7) is 5.20. The molecule has 2 N–H and O–H groups in total. The zero-order valence-electron chi connectivity index (χ0n) is 16.4. The number of hydrogen-bond donors (Lipinski definition) is 2. The van der Waals surface area contributed by atoms with Gasteiger partial charge in [0.25, 0.3) is 5.56 Å². The molecule has 9 nitrogen and oxygen atoms in total. The first kappa shape index (κ1) is 20.2. The molecule has 2 atom stereocenters. The molecule has 0 saturated carbocycles. The van der Waals surface area contributed by atoms with Crippen molar-refractivity contribution in [1.29, 1.82) is 0 Å². The molecular weight excluding hydrogens is 380 g/mol. The number of carbonyl (C=O) groups is 2. The van der Waals surface area contributed by atoms with E-state index in [1.807, 2.05) is 18.7 Å². The lowest BCUT2D eigenvalue weighted by Gasteiger charge is -2.31. The highest BCUT2D eigenvalue weighted by molar-refractivity contribution is 7.22. The molecule has 0 spiro atoms. The Morgan fingerprint density at radius 3 is 2.93 bits per heavy atom. The molecule has 0 unspecified atom stereocenters. The van der Waals surface area contributed by atoms with E-state index < -0.39 is 0 Å². The first-order valence-corrected chi connectivity index (χ1v) is 10.4. The third-order valence-corrected chi connectivity index (χ3v) is 6.11. The van der Waals surface area contributed by atoms with Crippen LogP contribution >= 0.6 is 11.3 Å². The molecule has 152 valence electrons. The summed E-state index contributed by atoms with van der Waals surface area (Å²) in [4.78, 5) is 47.6. The molecule has 0 aromatic carbocycles. The molecule has 1 fully saturated rings. The van der Waals surface area contributed by atoms with Gasteiger partial charge < -0.3 is 15.5 Å². The molecule has 2 amide bonds. The molecule has 1 aliphatic rings. The van der Waals surface area contributed by atoms with Crippen LogP contribution in [0.2, 0.25) is 0 Å². The minimum absolute atomic E-state index is 0.0265. The van der Waals surface area contributed by atoms with Gasteiger partial charge >= 0.3 is 0 Å². The second kappa shape index (κ2) is 8.68. The van der Waals surface area contributed by atoms with Crippen LogP contribution in [-0.2, 0) is 16.1 Å². The van der Waals surface area contributed by atoms with Gasteiger partial charge in [0.2, 0.25) is 11.8 Å². The quantitative estimate of drug-likeness (QED) is 0.732. The summed E-state index contributed by atoms with van der Waals surface area (Å²) in [6.07, 6.45) is 3.93. The van der Waals surface area contributed by atoms with Gasteiger partial charge in [0.15, 0.2) is 10.8 Å². The van der Waals surface area contributed by atoms with Crippen molar-refractivity contribution >= 4 is 38.6 Å². The molecular formula is C18H26N6O3S. The van der Waals surface area contributed by atoms with E-state index in [2.05, 4.69) is 20.6 Å². The fraction of sp³-hybridized carbons (Fsp3) is 0.611. The fourth-order valence-corrected chi connectivity index (χ4v) is 4.23. The lowest BCUT2D eigenvalue weighted by molar-refractivity contribution is -0.125. The fourth-order valence-electron chi connectivity index (χ4n) is 3.23. The van der Waals surface area contributed by atoms with Gasteiger partial charge in [0.1, 0.15) is 17.6 Å². The van der Waals surface area contributed by atoms with E-state index in [1.165, 1.54) is 22.2 Å². The Bertz CT molecular complexity index is 924. The van der Waals surface area contributed by atoms with E-state index in [4.69, 9.17) is 0 Å². The second-order valence-corrected chi connectivity index (χ2v) is 8.08. The normalized spacial score (nSPS) is 18.1. The van der Waals surface area contributed by atoms with Gasteiger partial charge in [-0.3, -0.25) is 19.0 Å². The van der Waals surface area contributed by atoms with Crippen molar-refractivity contribution in [3.8, 4) is 0 Å². The van der Waals surface area contributed by atoms with E-state index in [0.29, 0.717) is 22.0 Å². The molecule has 10 heteroatoms. The Hall–Kier alpha value is -2.49. The van der Waals surface area contributed by atoms with Gasteiger partial charge in [-0.1, -0.05) is 18.3 Å². The highest BCUT2D eigenvalue weighted by Crippen LogP contribution is 2.29. The van der Waals surface area contributed by atoms with E-state index in [0.717, 1.165) is 25.8 Å². The van der Waals surface area contributed by atoms with Crippen LogP contribution in [0.3, 0.4) is 0 Å². The molecule has 1 saturated heterocycles. The summed E-state index contributed by atoms with van der Waals surface area (Å²) in [6, 6.07) is 0.0577. The van der Waals surface area contributed by atoms with Crippen LogP contribution in [0.25, 0.3) is 10.3 Å². The molecule has 2 aromatic heterocycles. The first-order chi connectivity index (χ1) is 13.4. The minimum Gasteiger partial charge on any atom is -0.359 e. The number of rotatable bonds is 6. The van der Waals surface area contributed by atoms with Crippen LogP contribution in [0.5, 0.6) is 0 Å². The Morgan fingerprint density at radius 2 is 2.21 bits per heavy atom.